The Hall–Kier alpha value is -0.540. The molecule has 20 heavy (non-hydrogen) atoms. The molecule has 2 unspecified atom stereocenters. The van der Waals surface area contributed by atoms with Crippen LogP contribution in [-0.4, -0.2) is 11.1 Å². The van der Waals surface area contributed by atoms with Gasteiger partial charge in [0, 0.05) is 12.6 Å². The molecule has 1 aliphatic rings. The summed E-state index contributed by atoms with van der Waals surface area (Å²) in [4.78, 5) is 0. The first-order chi connectivity index (χ1) is 9.38. The second kappa shape index (κ2) is 6.48. The third-order valence-electron chi connectivity index (χ3n) is 4.46. The SMILES string of the molecule is CC(C)(C)C1CCCCC1NCc1ccc(O)c(Br)c1. The molecule has 0 amide bonds. The lowest BCUT2D eigenvalue weighted by atomic mass is 9.69. The molecule has 1 fully saturated rings. The van der Waals surface area contributed by atoms with Crippen molar-refractivity contribution in [3.8, 4) is 5.75 Å². The Morgan fingerprint density at radius 2 is 1.95 bits per heavy atom. The predicted octanol–water partition coefficient (Wildman–Crippen LogP) is 4.85. The molecule has 2 nitrogen and oxygen atoms in total. The Balaban J connectivity index is 1.99. The van der Waals surface area contributed by atoms with Crippen molar-refractivity contribution < 1.29 is 5.11 Å². The Labute approximate surface area is 131 Å². The highest BCUT2D eigenvalue weighted by Gasteiger charge is 2.33. The van der Waals surface area contributed by atoms with Gasteiger partial charge in [0.1, 0.15) is 5.75 Å². The van der Waals surface area contributed by atoms with Crippen molar-refractivity contribution in [3.63, 3.8) is 0 Å². The second-order valence-electron chi connectivity index (χ2n) is 7.03. The summed E-state index contributed by atoms with van der Waals surface area (Å²) in [6, 6.07) is 6.35. The lowest BCUT2D eigenvalue weighted by Gasteiger charge is -2.41. The van der Waals surface area contributed by atoms with Crippen LogP contribution >= 0.6 is 15.9 Å². The van der Waals surface area contributed by atoms with E-state index in [1.54, 1.807) is 6.07 Å². The van der Waals surface area contributed by atoms with E-state index in [4.69, 9.17) is 0 Å². The van der Waals surface area contributed by atoms with E-state index in [-0.39, 0.29) is 0 Å². The molecule has 2 N–H and O–H groups in total. The topological polar surface area (TPSA) is 32.3 Å². The van der Waals surface area contributed by atoms with Crippen LogP contribution in [-0.2, 0) is 6.54 Å². The molecule has 0 aliphatic heterocycles. The normalized spacial score (nSPS) is 23.8. The summed E-state index contributed by atoms with van der Waals surface area (Å²) in [6.07, 6.45) is 5.32. The molecule has 0 heterocycles. The zero-order chi connectivity index (χ0) is 14.8. The lowest BCUT2D eigenvalue weighted by Crippen LogP contribution is -2.43. The van der Waals surface area contributed by atoms with E-state index in [1.807, 2.05) is 12.1 Å². The Bertz CT molecular complexity index is 453. The van der Waals surface area contributed by atoms with E-state index in [0.29, 0.717) is 17.2 Å². The Morgan fingerprint density at radius 3 is 2.60 bits per heavy atom. The van der Waals surface area contributed by atoms with Gasteiger partial charge in [-0.2, -0.15) is 0 Å². The van der Waals surface area contributed by atoms with Gasteiger partial charge in [-0.25, -0.2) is 0 Å². The minimum atomic E-state index is 0.305. The molecular weight excluding hydrogens is 314 g/mol. The van der Waals surface area contributed by atoms with E-state index in [9.17, 15) is 5.11 Å². The summed E-state index contributed by atoms with van der Waals surface area (Å²) in [5, 5.41) is 13.3. The second-order valence-corrected chi connectivity index (χ2v) is 7.88. The Kier molecular flexibility index (Phi) is 5.14. The summed E-state index contributed by atoms with van der Waals surface area (Å²) < 4.78 is 0.771. The molecule has 2 rings (SSSR count). The highest BCUT2D eigenvalue weighted by molar-refractivity contribution is 9.10. The van der Waals surface area contributed by atoms with Gasteiger partial charge in [0.05, 0.1) is 4.47 Å². The molecule has 112 valence electrons. The minimum absolute atomic E-state index is 0.305. The molecule has 1 aromatic rings. The largest absolute Gasteiger partial charge is 0.507 e. The van der Waals surface area contributed by atoms with Crippen LogP contribution in [0, 0.1) is 11.3 Å². The first-order valence-corrected chi connectivity index (χ1v) is 8.38. The van der Waals surface area contributed by atoms with Gasteiger partial charge in [-0.05, 0) is 57.8 Å². The fraction of sp³-hybridized carbons (Fsp3) is 0.647. The van der Waals surface area contributed by atoms with Crippen LogP contribution in [0.15, 0.2) is 22.7 Å². The van der Waals surface area contributed by atoms with Crippen LogP contribution in [0.3, 0.4) is 0 Å². The van der Waals surface area contributed by atoms with Gasteiger partial charge < -0.3 is 10.4 Å². The van der Waals surface area contributed by atoms with Crippen LogP contribution in [0.1, 0.15) is 52.0 Å². The smallest absolute Gasteiger partial charge is 0.129 e. The van der Waals surface area contributed by atoms with E-state index < -0.39 is 0 Å². The van der Waals surface area contributed by atoms with Crippen LogP contribution in [0.2, 0.25) is 0 Å². The monoisotopic (exact) mass is 339 g/mol. The average Bonchev–Trinajstić information content (AvgIpc) is 2.39. The van der Waals surface area contributed by atoms with E-state index in [0.717, 1.165) is 16.9 Å². The van der Waals surface area contributed by atoms with Gasteiger partial charge in [-0.3, -0.25) is 0 Å². The molecule has 0 aromatic heterocycles. The minimum Gasteiger partial charge on any atom is -0.507 e. The first kappa shape index (κ1) is 15.8. The molecule has 3 heteroatoms. The number of hydrogen-bond donors (Lipinski definition) is 2. The maximum atomic E-state index is 9.54. The fourth-order valence-electron chi connectivity index (χ4n) is 3.32. The summed E-state index contributed by atoms with van der Waals surface area (Å²) in [6.45, 7) is 7.94. The number of phenolic OH excluding ortho intramolecular Hbond substituents is 1. The molecule has 0 spiro atoms. The van der Waals surface area contributed by atoms with E-state index in [1.165, 1.54) is 31.2 Å². The van der Waals surface area contributed by atoms with Crippen molar-refractivity contribution in [1.82, 2.24) is 5.32 Å². The molecule has 1 saturated carbocycles. The first-order valence-electron chi connectivity index (χ1n) is 7.58. The number of rotatable bonds is 3. The molecule has 0 bridgehead atoms. The molecule has 1 aromatic carbocycles. The lowest BCUT2D eigenvalue weighted by molar-refractivity contribution is 0.130. The molecule has 0 saturated heterocycles. The molecule has 1 aliphatic carbocycles. The van der Waals surface area contributed by atoms with E-state index in [2.05, 4.69) is 42.0 Å². The summed E-state index contributed by atoms with van der Waals surface area (Å²) in [5.74, 6) is 1.05. The standard InChI is InChI=1S/C17H26BrNO/c1-17(2,3)13-6-4-5-7-15(13)19-11-12-8-9-16(20)14(18)10-12/h8-10,13,15,19-20H,4-7,11H2,1-3H3. The maximum absolute atomic E-state index is 9.54. The van der Waals surface area contributed by atoms with Crippen molar-refractivity contribution in [1.29, 1.82) is 0 Å². The van der Waals surface area contributed by atoms with Crippen molar-refractivity contribution >= 4 is 15.9 Å². The van der Waals surface area contributed by atoms with Gasteiger partial charge in [-0.15, -0.1) is 0 Å². The number of benzene rings is 1. The number of halogens is 1. The van der Waals surface area contributed by atoms with Gasteiger partial charge in [0.25, 0.3) is 0 Å². The zero-order valence-corrected chi connectivity index (χ0v) is 14.3. The van der Waals surface area contributed by atoms with Crippen molar-refractivity contribution in [2.75, 3.05) is 0 Å². The third-order valence-corrected chi connectivity index (χ3v) is 5.09. The number of phenols is 1. The van der Waals surface area contributed by atoms with Gasteiger partial charge in [-0.1, -0.05) is 39.7 Å². The van der Waals surface area contributed by atoms with Crippen molar-refractivity contribution in [2.24, 2.45) is 11.3 Å². The third kappa shape index (κ3) is 3.98. The molecular formula is C17H26BrNO. The summed E-state index contributed by atoms with van der Waals surface area (Å²) in [7, 11) is 0. The molecule has 0 radical (unpaired) electrons. The number of hydrogen-bond acceptors (Lipinski definition) is 2. The number of aromatic hydroxyl groups is 1. The van der Waals surface area contributed by atoms with Gasteiger partial charge in [0.2, 0.25) is 0 Å². The zero-order valence-electron chi connectivity index (χ0n) is 12.7. The average molecular weight is 340 g/mol. The van der Waals surface area contributed by atoms with Gasteiger partial charge in [0.15, 0.2) is 0 Å². The predicted molar refractivity (Wildman–Crippen MR) is 87.8 cm³/mol. The highest BCUT2D eigenvalue weighted by atomic mass is 79.9. The maximum Gasteiger partial charge on any atom is 0.129 e. The summed E-state index contributed by atoms with van der Waals surface area (Å²) >= 11 is 3.38. The summed E-state index contributed by atoms with van der Waals surface area (Å²) in [5.41, 5.74) is 1.58. The van der Waals surface area contributed by atoms with Crippen LogP contribution in [0.4, 0.5) is 0 Å². The fourth-order valence-corrected chi connectivity index (χ4v) is 3.75. The van der Waals surface area contributed by atoms with E-state index >= 15 is 0 Å². The van der Waals surface area contributed by atoms with Crippen molar-refractivity contribution in [3.05, 3.63) is 28.2 Å². The quantitative estimate of drug-likeness (QED) is 0.824. The van der Waals surface area contributed by atoms with Gasteiger partial charge >= 0.3 is 0 Å². The van der Waals surface area contributed by atoms with Crippen LogP contribution in [0.25, 0.3) is 0 Å². The highest BCUT2D eigenvalue weighted by Crippen LogP contribution is 2.38. The Morgan fingerprint density at radius 1 is 1.25 bits per heavy atom. The van der Waals surface area contributed by atoms with Crippen LogP contribution < -0.4 is 5.32 Å². The van der Waals surface area contributed by atoms with Crippen molar-refractivity contribution in [2.45, 2.75) is 59.0 Å². The van der Waals surface area contributed by atoms with Crippen LogP contribution in [0.5, 0.6) is 5.75 Å². The number of nitrogens with one attached hydrogen (secondary N) is 1. The molecule has 2 atom stereocenters.